The average Bonchev–Trinajstić information content (AvgIpc) is 2.37. The molecule has 0 amide bonds. The van der Waals surface area contributed by atoms with Gasteiger partial charge in [0.25, 0.3) is 0 Å². The summed E-state index contributed by atoms with van der Waals surface area (Å²) in [6, 6.07) is 6.45. The summed E-state index contributed by atoms with van der Waals surface area (Å²) >= 11 is 0. The zero-order chi connectivity index (χ0) is 13.5. The van der Waals surface area contributed by atoms with Crippen LogP contribution in [0, 0.1) is 0 Å². The topological polar surface area (TPSA) is 30.5 Å². The predicted octanol–water partition coefficient (Wildman–Crippen LogP) is 2.80. The molecule has 1 unspecified atom stereocenters. The zero-order valence-corrected chi connectivity index (χ0v) is 11.7. The lowest BCUT2D eigenvalue weighted by Crippen LogP contribution is -2.27. The highest BCUT2D eigenvalue weighted by molar-refractivity contribution is 5.43. The molecule has 1 atom stereocenters. The van der Waals surface area contributed by atoms with Gasteiger partial charge in [-0.3, -0.25) is 0 Å². The number of hydrogen-bond donors (Lipinski definition) is 1. The van der Waals surface area contributed by atoms with E-state index in [1.165, 1.54) is 11.1 Å². The molecule has 3 nitrogen and oxygen atoms in total. The molecule has 18 heavy (non-hydrogen) atoms. The molecular weight excluding hydrogens is 226 g/mol. The second kappa shape index (κ2) is 7.07. The molecule has 0 saturated heterocycles. The van der Waals surface area contributed by atoms with Gasteiger partial charge in [0.05, 0.1) is 14.2 Å². The van der Waals surface area contributed by atoms with Gasteiger partial charge < -0.3 is 14.8 Å². The van der Waals surface area contributed by atoms with Gasteiger partial charge in [0.2, 0.25) is 0 Å². The molecule has 1 aromatic carbocycles. The van der Waals surface area contributed by atoms with Gasteiger partial charge in [-0.1, -0.05) is 11.6 Å². The SMILES string of the molecule is C=C(C)CC(Cc1ccc(OC)c(OC)c1)NC. The molecular formula is C15H23NO2. The molecule has 0 aliphatic heterocycles. The number of likely N-dealkylation sites (N-methyl/N-ethyl adjacent to an activating group) is 1. The van der Waals surface area contributed by atoms with Gasteiger partial charge in [-0.15, -0.1) is 6.58 Å². The van der Waals surface area contributed by atoms with E-state index >= 15 is 0 Å². The Balaban J connectivity index is 2.80. The predicted molar refractivity (Wildman–Crippen MR) is 75.5 cm³/mol. The minimum absolute atomic E-state index is 0.403. The maximum absolute atomic E-state index is 5.31. The maximum atomic E-state index is 5.31. The normalized spacial score (nSPS) is 12.0. The molecule has 1 N–H and O–H groups in total. The second-order valence-electron chi connectivity index (χ2n) is 4.54. The van der Waals surface area contributed by atoms with Gasteiger partial charge in [0.1, 0.15) is 0 Å². The van der Waals surface area contributed by atoms with Crippen LogP contribution in [0.2, 0.25) is 0 Å². The van der Waals surface area contributed by atoms with E-state index in [0.717, 1.165) is 24.3 Å². The van der Waals surface area contributed by atoms with E-state index in [1.807, 2.05) is 19.2 Å². The van der Waals surface area contributed by atoms with E-state index in [0.29, 0.717) is 6.04 Å². The summed E-state index contributed by atoms with van der Waals surface area (Å²) in [5.74, 6) is 1.54. The van der Waals surface area contributed by atoms with Crippen LogP contribution in [0.5, 0.6) is 11.5 Å². The molecule has 100 valence electrons. The van der Waals surface area contributed by atoms with Gasteiger partial charge in [-0.25, -0.2) is 0 Å². The fraction of sp³-hybridized carbons (Fsp3) is 0.467. The van der Waals surface area contributed by atoms with Crippen molar-refractivity contribution in [1.82, 2.24) is 5.32 Å². The van der Waals surface area contributed by atoms with Crippen LogP contribution in [0.15, 0.2) is 30.4 Å². The smallest absolute Gasteiger partial charge is 0.160 e. The van der Waals surface area contributed by atoms with E-state index < -0.39 is 0 Å². The first kappa shape index (κ1) is 14.6. The van der Waals surface area contributed by atoms with Crippen molar-refractivity contribution >= 4 is 0 Å². The monoisotopic (exact) mass is 249 g/mol. The van der Waals surface area contributed by atoms with Gasteiger partial charge in [0, 0.05) is 6.04 Å². The van der Waals surface area contributed by atoms with E-state index in [1.54, 1.807) is 14.2 Å². The minimum Gasteiger partial charge on any atom is -0.493 e. The van der Waals surface area contributed by atoms with E-state index in [9.17, 15) is 0 Å². The fourth-order valence-corrected chi connectivity index (χ4v) is 1.99. The highest BCUT2D eigenvalue weighted by Crippen LogP contribution is 2.28. The van der Waals surface area contributed by atoms with Crippen LogP contribution in [0.3, 0.4) is 0 Å². The third kappa shape index (κ3) is 4.08. The number of hydrogen-bond acceptors (Lipinski definition) is 3. The summed E-state index contributed by atoms with van der Waals surface area (Å²) < 4.78 is 10.5. The van der Waals surface area contributed by atoms with Crippen LogP contribution in [-0.4, -0.2) is 27.3 Å². The summed E-state index contributed by atoms with van der Waals surface area (Å²) in [7, 11) is 5.29. The number of benzene rings is 1. The maximum Gasteiger partial charge on any atom is 0.160 e. The molecule has 0 aromatic heterocycles. The molecule has 0 fully saturated rings. The summed E-state index contributed by atoms with van der Waals surface area (Å²) in [5.41, 5.74) is 2.42. The second-order valence-corrected chi connectivity index (χ2v) is 4.54. The minimum atomic E-state index is 0.403. The summed E-state index contributed by atoms with van der Waals surface area (Å²) in [5, 5.41) is 3.32. The van der Waals surface area contributed by atoms with Crippen LogP contribution in [0.1, 0.15) is 18.9 Å². The lowest BCUT2D eigenvalue weighted by atomic mass is 10.00. The number of rotatable bonds is 7. The highest BCUT2D eigenvalue weighted by Gasteiger charge is 2.10. The van der Waals surface area contributed by atoms with E-state index in [4.69, 9.17) is 9.47 Å². The molecule has 1 aromatic rings. The lowest BCUT2D eigenvalue weighted by Gasteiger charge is -2.17. The van der Waals surface area contributed by atoms with Crippen LogP contribution < -0.4 is 14.8 Å². The fourth-order valence-electron chi connectivity index (χ4n) is 1.99. The summed E-state index contributed by atoms with van der Waals surface area (Å²) in [6.45, 7) is 6.02. The van der Waals surface area contributed by atoms with Crippen molar-refractivity contribution < 1.29 is 9.47 Å². The number of nitrogens with one attached hydrogen (secondary N) is 1. The van der Waals surface area contributed by atoms with Crippen LogP contribution in [-0.2, 0) is 6.42 Å². The zero-order valence-electron chi connectivity index (χ0n) is 11.7. The molecule has 3 heteroatoms. The first-order valence-corrected chi connectivity index (χ1v) is 6.13. The van der Waals surface area contributed by atoms with Crippen LogP contribution >= 0.6 is 0 Å². The van der Waals surface area contributed by atoms with Gasteiger partial charge in [-0.05, 0) is 44.5 Å². The van der Waals surface area contributed by atoms with Crippen LogP contribution in [0.4, 0.5) is 0 Å². The molecule has 0 aliphatic carbocycles. The van der Waals surface area contributed by atoms with Gasteiger partial charge in [0.15, 0.2) is 11.5 Å². The summed E-state index contributed by atoms with van der Waals surface area (Å²) in [4.78, 5) is 0. The Morgan fingerprint density at radius 1 is 1.28 bits per heavy atom. The first-order valence-electron chi connectivity index (χ1n) is 6.13. The first-order chi connectivity index (χ1) is 8.60. The average molecular weight is 249 g/mol. The molecule has 0 saturated carbocycles. The molecule has 0 aliphatic rings. The Morgan fingerprint density at radius 2 is 1.94 bits per heavy atom. The summed E-state index contributed by atoms with van der Waals surface area (Å²) in [6.07, 6.45) is 1.93. The Bertz CT molecular complexity index is 401. The van der Waals surface area contributed by atoms with Gasteiger partial charge in [-0.2, -0.15) is 0 Å². The van der Waals surface area contributed by atoms with Crippen molar-refractivity contribution in [3.05, 3.63) is 35.9 Å². The Morgan fingerprint density at radius 3 is 2.44 bits per heavy atom. The molecule has 0 spiro atoms. The van der Waals surface area contributed by atoms with Crippen molar-refractivity contribution in [2.75, 3.05) is 21.3 Å². The standard InChI is InChI=1S/C15H23NO2/c1-11(2)8-13(16-3)9-12-6-7-14(17-4)15(10-12)18-5/h6-7,10,13,16H,1,8-9H2,2-5H3. The van der Waals surface area contributed by atoms with Gasteiger partial charge >= 0.3 is 0 Å². The highest BCUT2D eigenvalue weighted by atomic mass is 16.5. The van der Waals surface area contributed by atoms with Crippen molar-refractivity contribution in [2.45, 2.75) is 25.8 Å². The largest absolute Gasteiger partial charge is 0.493 e. The Labute approximate surface area is 110 Å². The molecule has 0 radical (unpaired) electrons. The quantitative estimate of drug-likeness (QED) is 0.754. The van der Waals surface area contributed by atoms with Crippen molar-refractivity contribution in [2.24, 2.45) is 0 Å². The van der Waals surface area contributed by atoms with Crippen molar-refractivity contribution in [3.63, 3.8) is 0 Å². The Hall–Kier alpha value is -1.48. The Kier molecular flexibility index (Phi) is 5.72. The number of ether oxygens (including phenoxy) is 2. The van der Waals surface area contributed by atoms with E-state index in [-0.39, 0.29) is 0 Å². The van der Waals surface area contributed by atoms with Crippen molar-refractivity contribution in [1.29, 1.82) is 0 Å². The molecule has 1 rings (SSSR count). The molecule has 0 bridgehead atoms. The third-order valence-corrected chi connectivity index (χ3v) is 2.93. The number of methoxy groups -OCH3 is 2. The molecule has 0 heterocycles. The lowest BCUT2D eigenvalue weighted by molar-refractivity contribution is 0.354. The van der Waals surface area contributed by atoms with E-state index in [2.05, 4.69) is 24.9 Å². The van der Waals surface area contributed by atoms with Crippen LogP contribution in [0.25, 0.3) is 0 Å². The third-order valence-electron chi connectivity index (χ3n) is 2.93. The van der Waals surface area contributed by atoms with Crippen molar-refractivity contribution in [3.8, 4) is 11.5 Å².